The lowest BCUT2D eigenvalue weighted by molar-refractivity contribution is 0.102. The van der Waals surface area contributed by atoms with Crippen LogP contribution in [0.15, 0.2) is 71.6 Å². The van der Waals surface area contributed by atoms with E-state index in [0.29, 0.717) is 22.0 Å². The number of hydrogen-bond acceptors (Lipinski definition) is 4. The Bertz CT molecular complexity index is 1130. The van der Waals surface area contributed by atoms with Crippen molar-refractivity contribution >= 4 is 38.9 Å². The van der Waals surface area contributed by atoms with E-state index < -0.39 is 21.7 Å². The van der Waals surface area contributed by atoms with Gasteiger partial charge in [-0.2, -0.15) is 0 Å². The minimum atomic E-state index is -3.87. The zero-order valence-corrected chi connectivity index (χ0v) is 16.7. The molecule has 0 aliphatic heterocycles. The van der Waals surface area contributed by atoms with Crippen molar-refractivity contribution < 1.29 is 22.3 Å². The first-order valence-corrected chi connectivity index (χ1v) is 10.2. The van der Waals surface area contributed by atoms with E-state index in [2.05, 4.69) is 10.0 Å². The van der Waals surface area contributed by atoms with E-state index >= 15 is 0 Å². The zero-order valence-electron chi connectivity index (χ0n) is 15.1. The maximum atomic E-state index is 13.0. The Balaban J connectivity index is 1.74. The highest BCUT2D eigenvalue weighted by Crippen LogP contribution is 2.28. The van der Waals surface area contributed by atoms with E-state index in [9.17, 15) is 17.6 Å². The lowest BCUT2D eigenvalue weighted by Crippen LogP contribution is -2.14. The summed E-state index contributed by atoms with van der Waals surface area (Å²) in [5.74, 6) is -0.499. The molecule has 3 rings (SSSR count). The summed E-state index contributed by atoms with van der Waals surface area (Å²) in [7, 11) is -2.40. The Labute approximate surface area is 172 Å². The summed E-state index contributed by atoms with van der Waals surface area (Å²) in [5.41, 5.74) is 0.967. The van der Waals surface area contributed by atoms with E-state index in [-0.39, 0.29) is 10.6 Å². The quantitative estimate of drug-likeness (QED) is 0.596. The second-order valence-corrected chi connectivity index (χ2v) is 8.05. The van der Waals surface area contributed by atoms with Crippen LogP contribution in [0.2, 0.25) is 5.02 Å². The lowest BCUT2D eigenvalue weighted by atomic mass is 10.2. The summed E-state index contributed by atoms with van der Waals surface area (Å²) in [6, 6.07) is 15.1. The number of ether oxygens (including phenoxy) is 1. The fourth-order valence-electron chi connectivity index (χ4n) is 2.49. The lowest BCUT2D eigenvalue weighted by Gasteiger charge is -2.11. The van der Waals surface area contributed by atoms with Gasteiger partial charge in [0.1, 0.15) is 11.6 Å². The topological polar surface area (TPSA) is 84.5 Å². The number of sulfonamides is 1. The van der Waals surface area contributed by atoms with Crippen molar-refractivity contribution in [2.45, 2.75) is 4.90 Å². The molecular weight excluding hydrogens is 419 g/mol. The highest BCUT2D eigenvalue weighted by molar-refractivity contribution is 7.92. The van der Waals surface area contributed by atoms with E-state index in [0.717, 1.165) is 24.3 Å². The Kier molecular flexibility index (Phi) is 6.05. The number of nitrogens with one attached hydrogen (secondary N) is 2. The highest BCUT2D eigenvalue weighted by Gasteiger charge is 2.15. The average Bonchev–Trinajstić information content (AvgIpc) is 2.69. The predicted octanol–water partition coefficient (Wildman–Crippen LogP) is 4.54. The SMILES string of the molecule is COc1ccc(Cl)cc1NC(=O)c1ccc(NS(=O)(=O)c2ccc(F)cc2)cc1. The van der Waals surface area contributed by atoms with E-state index in [1.165, 1.54) is 31.4 Å². The fourth-order valence-corrected chi connectivity index (χ4v) is 3.72. The van der Waals surface area contributed by atoms with Crippen LogP contribution in [0.4, 0.5) is 15.8 Å². The fraction of sp³-hybridized carbons (Fsp3) is 0.0500. The van der Waals surface area contributed by atoms with Gasteiger partial charge in [0.05, 0.1) is 17.7 Å². The van der Waals surface area contributed by atoms with Gasteiger partial charge in [-0.3, -0.25) is 9.52 Å². The summed E-state index contributed by atoms with van der Waals surface area (Å²) in [6.07, 6.45) is 0. The van der Waals surface area contributed by atoms with Crippen molar-refractivity contribution in [1.82, 2.24) is 0 Å². The molecule has 0 spiro atoms. The molecule has 0 heterocycles. The molecule has 0 aliphatic carbocycles. The molecule has 0 aromatic heterocycles. The van der Waals surface area contributed by atoms with Gasteiger partial charge in [0.15, 0.2) is 0 Å². The van der Waals surface area contributed by atoms with E-state index in [4.69, 9.17) is 16.3 Å². The van der Waals surface area contributed by atoms with Crippen LogP contribution >= 0.6 is 11.6 Å². The van der Waals surface area contributed by atoms with Crippen LogP contribution in [0.3, 0.4) is 0 Å². The summed E-state index contributed by atoms with van der Waals surface area (Å²) in [4.78, 5) is 12.4. The standard InChI is InChI=1S/C20H16ClFN2O4S/c1-28-19-11-4-14(21)12-18(19)23-20(25)13-2-7-16(8-3-13)24-29(26,27)17-9-5-15(22)6-10-17/h2-12,24H,1H3,(H,23,25). The van der Waals surface area contributed by atoms with Gasteiger partial charge in [-0.15, -0.1) is 0 Å². The van der Waals surface area contributed by atoms with Crippen LogP contribution in [0.5, 0.6) is 5.75 Å². The van der Waals surface area contributed by atoms with Gasteiger partial charge >= 0.3 is 0 Å². The third kappa shape index (κ3) is 5.04. The number of hydrogen-bond donors (Lipinski definition) is 2. The molecule has 3 aromatic carbocycles. The number of carbonyl (C=O) groups is 1. The number of amides is 1. The molecule has 29 heavy (non-hydrogen) atoms. The highest BCUT2D eigenvalue weighted by atomic mass is 35.5. The normalized spacial score (nSPS) is 11.0. The third-order valence-electron chi connectivity index (χ3n) is 3.93. The third-order valence-corrected chi connectivity index (χ3v) is 5.57. The number of rotatable bonds is 6. The molecule has 0 saturated carbocycles. The predicted molar refractivity (Wildman–Crippen MR) is 110 cm³/mol. The molecule has 6 nitrogen and oxygen atoms in total. The molecule has 0 radical (unpaired) electrons. The smallest absolute Gasteiger partial charge is 0.261 e. The van der Waals surface area contributed by atoms with Crippen molar-refractivity contribution in [2.24, 2.45) is 0 Å². The van der Waals surface area contributed by atoms with Crippen molar-refractivity contribution in [2.75, 3.05) is 17.1 Å². The summed E-state index contributed by atoms with van der Waals surface area (Å²) in [6.45, 7) is 0. The molecule has 0 fully saturated rings. The molecule has 0 aliphatic rings. The van der Waals surface area contributed by atoms with Gasteiger partial charge < -0.3 is 10.1 Å². The van der Waals surface area contributed by atoms with Crippen LogP contribution in [0, 0.1) is 5.82 Å². The molecule has 1 amide bonds. The summed E-state index contributed by atoms with van der Waals surface area (Å²) < 4.78 is 45.2. The second kappa shape index (κ2) is 8.50. The largest absolute Gasteiger partial charge is 0.495 e. The van der Waals surface area contributed by atoms with Gasteiger partial charge in [0, 0.05) is 16.3 Å². The molecular formula is C20H16ClFN2O4S. The van der Waals surface area contributed by atoms with Crippen LogP contribution < -0.4 is 14.8 Å². The molecule has 150 valence electrons. The molecule has 0 unspecified atom stereocenters. The van der Waals surface area contributed by atoms with Crippen LogP contribution in [0.1, 0.15) is 10.4 Å². The van der Waals surface area contributed by atoms with Crippen molar-refractivity contribution in [3.05, 3.63) is 83.1 Å². The maximum absolute atomic E-state index is 13.0. The van der Waals surface area contributed by atoms with Gasteiger partial charge in [-0.25, -0.2) is 12.8 Å². The molecule has 3 aromatic rings. The molecule has 0 atom stereocenters. The Hall–Kier alpha value is -3.10. The van der Waals surface area contributed by atoms with Gasteiger partial charge in [-0.05, 0) is 66.7 Å². The van der Waals surface area contributed by atoms with E-state index in [1.807, 2.05) is 0 Å². The molecule has 2 N–H and O–H groups in total. The number of carbonyl (C=O) groups excluding carboxylic acids is 1. The van der Waals surface area contributed by atoms with Crippen LogP contribution in [0.25, 0.3) is 0 Å². The van der Waals surface area contributed by atoms with E-state index in [1.54, 1.807) is 18.2 Å². The first-order valence-electron chi connectivity index (χ1n) is 8.32. The van der Waals surface area contributed by atoms with Gasteiger partial charge in [0.2, 0.25) is 0 Å². The summed E-state index contributed by atoms with van der Waals surface area (Å²) >= 11 is 5.95. The first kappa shape index (κ1) is 20.6. The van der Waals surface area contributed by atoms with Gasteiger partial charge in [0.25, 0.3) is 15.9 Å². The molecule has 0 bridgehead atoms. The monoisotopic (exact) mass is 434 g/mol. The Morgan fingerprint density at radius 1 is 1.00 bits per heavy atom. The van der Waals surface area contributed by atoms with Crippen molar-refractivity contribution in [3.63, 3.8) is 0 Å². The molecule has 9 heteroatoms. The number of benzene rings is 3. The number of anilines is 2. The first-order chi connectivity index (χ1) is 13.8. The minimum absolute atomic E-state index is 0.0752. The van der Waals surface area contributed by atoms with Crippen LogP contribution in [-0.4, -0.2) is 21.4 Å². The second-order valence-electron chi connectivity index (χ2n) is 5.94. The zero-order chi connectivity index (χ0) is 21.0. The summed E-state index contributed by atoms with van der Waals surface area (Å²) in [5, 5.41) is 3.13. The van der Waals surface area contributed by atoms with Crippen molar-refractivity contribution in [3.8, 4) is 5.75 Å². The average molecular weight is 435 g/mol. The van der Waals surface area contributed by atoms with Crippen LogP contribution in [-0.2, 0) is 10.0 Å². The number of halogens is 2. The van der Waals surface area contributed by atoms with Gasteiger partial charge in [-0.1, -0.05) is 11.6 Å². The number of methoxy groups -OCH3 is 1. The Morgan fingerprint density at radius 2 is 1.66 bits per heavy atom. The molecule has 0 saturated heterocycles. The van der Waals surface area contributed by atoms with Crippen molar-refractivity contribution in [1.29, 1.82) is 0 Å². The minimum Gasteiger partial charge on any atom is -0.495 e. The maximum Gasteiger partial charge on any atom is 0.261 e. The Morgan fingerprint density at radius 3 is 2.28 bits per heavy atom.